The number of hydrogen-bond donors (Lipinski definition) is 0. The van der Waals surface area contributed by atoms with Gasteiger partial charge in [0, 0.05) is 18.0 Å². The number of rotatable bonds is 5. The van der Waals surface area contributed by atoms with Gasteiger partial charge in [0.1, 0.15) is 17.7 Å². The second-order valence-corrected chi connectivity index (χ2v) is 7.03. The van der Waals surface area contributed by atoms with Crippen LogP contribution in [0.5, 0.6) is 0 Å². The van der Waals surface area contributed by atoms with Crippen LogP contribution in [0.2, 0.25) is 0 Å². The summed E-state index contributed by atoms with van der Waals surface area (Å²) in [5.74, 6) is -1.18. The zero-order chi connectivity index (χ0) is 20.3. The van der Waals surface area contributed by atoms with Crippen molar-refractivity contribution in [3.05, 3.63) is 91.3 Å². The third-order valence-corrected chi connectivity index (χ3v) is 5.18. The first-order valence-electron chi connectivity index (χ1n) is 8.44. The van der Waals surface area contributed by atoms with E-state index < -0.39 is 11.6 Å². The van der Waals surface area contributed by atoms with Crippen molar-refractivity contribution in [2.45, 2.75) is 26.3 Å². The molecule has 0 N–H and O–H groups in total. The summed E-state index contributed by atoms with van der Waals surface area (Å²) in [6, 6.07) is 8.84. The van der Waals surface area contributed by atoms with Crippen molar-refractivity contribution < 1.29 is 8.78 Å². The number of aryl methyl sites for hydroxylation is 3. The summed E-state index contributed by atoms with van der Waals surface area (Å²) in [6.45, 7) is 2.00. The minimum Gasteiger partial charge on any atom is -0.306 e. The Kier molecular flexibility index (Phi) is 5.95. The first-order chi connectivity index (χ1) is 13.4. The quantitative estimate of drug-likeness (QED) is 0.601. The Bertz CT molecular complexity index is 1140. The SMILES string of the molecule is Cc1cc(CCc2ccc(F)cc2F)c(Br)c(=O)n1Cc1ccnc(C#N)n1. The Labute approximate surface area is 168 Å². The number of nitrogens with zero attached hydrogens (tertiary/aromatic N) is 4. The van der Waals surface area contributed by atoms with E-state index in [0.29, 0.717) is 34.3 Å². The zero-order valence-electron chi connectivity index (χ0n) is 14.9. The van der Waals surface area contributed by atoms with Gasteiger partial charge in [-0.3, -0.25) is 4.79 Å². The summed E-state index contributed by atoms with van der Waals surface area (Å²) in [7, 11) is 0. The molecule has 0 radical (unpaired) electrons. The highest BCUT2D eigenvalue weighted by atomic mass is 79.9. The Balaban J connectivity index is 1.85. The topological polar surface area (TPSA) is 71.6 Å². The predicted octanol–water partition coefficient (Wildman–Crippen LogP) is 3.69. The van der Waals surface area contributed by atoms with Crippen molar-refractivity contribution in [2.24, 2.45) is 0 Å². The van der Waals surface area contributed by atoms with Gasteiger partial charge < -0.3 is 4.57 Å². The molecule has 8 heteroatoms. The summed E-state index contributed by atoms with van der Waals surface area (Å²) in [5.41, 5.74) is 2.14. The van der Waals surface area contributed by atoms with E-state index in [4.69, 9.17) is 5.26 Å². The predicted molar refractivity (Wildman–Crippen MR) is 103 cm³/mol. The number of halogens is 3. The van der Waals surface area contributed by atoms with E-state index in [0.717, 1.165) is 11.6 Å². The lowest BCUT2D eigenvalue weighted by Crippen LogP contribution is -2.25. The number of aromatic nitrogens is 3. The molecule has 0 saturated heterocycles. The maximum atomic E-state index is 13.8. The second kappa shape index (κ2) is 8.40. The molecular weight excluding hydrogens is 430 g/mol. The van der Waals surface area contributed by atoms with E-state index in [-0.39, 0.29) is 17.9 Å². The molecule has 0 atom stereocenters. The number of nitriles is 1. The standard InChI is InChI=1S/C20H15BrF2N4O/c1-12-8-14(3-2-13-4-5-15(22)9-17(13)23)19(21)20(28)27(12)11-16-6-7-25-18(10-24)26-16/h4-9H,2-3,11H2,1H3. The molecular formula is C20H15BrF2N4O. The van der Waals surface area contributed by atoms with Crippen LogP contribution in [0.25, 0.3) is 0 Å². The normalized spacial score (nSPS) is 10.7. The third kappa shape index (κ3) is 4.31. The molecule has 0 unspecified atom stereocenters. The van der Waals surface area contributed by atoms with E-state index in [1.165, 1.54) is 22.9 Å². The van der Waals surface area contributed by atoms with Gasteiger partial charge in [0.15, 0.2) is 0 Å². The molecule has 1 aromatic carbocycles. The molecule has 3 rings (SSSR count). The first-order valence-corrected chi connectivity index (χ1v) is 9.23. The van der Waals surface area contributed by atoms with Crippen LogP contribution >= 0.6 is 15.9 Å². The minimum absolute atomic E-state index is 0.0419. The van der Waals surface area contributed by atoms with Crippen LogP contribution in [0.3, 0.4) is 0 Å². The Morgan fingerprint density at radius 1 is 1.18 bits per heavy atom. The molecule has 2 heterocycles. The molecule has 0 fully saturated rings. The molecule has 0 aliphatic heterocycles. The maximum Gasteiger partial charge on any atom is 0.265 e. The van der Waals surface area contributed by atoms with E-state index in [1.807, 2.05) is 12.1 Å². The molecule has 0 bridgehead atoms. The van der Waals surface area contributed by atoms with Gasteiger partial charge in [-0.25, -0.2) is 18.7 Å². The van der Waals surface area contributed by atoms with E-state index in [2.05, 4.69) is 25.9 Å². The second-order valence-electron chi connectivity index (χ2n) is 6.24. The van der Waals surface area contributed by atoms with Gasteiger partial charge in [-0.1, -0.05) is 6.07 Å². The lowest BCUT2D eigenvalue weighted by molar-refractivity contribution is 0.571. The Morgan fingerprint density at radius 2 is 1.93 bits per heavy atom. The number of pyridine rings is 1. The maximum absolute atomic E-state index is 13.8. The van der Waals surface area contributed by atoms with Gasteiger partial charge >= 0.3 is 0 Å². The Hall–Kier alpha value is -2.92. The van der Waals surface area contributed by atoms with E-state index >= 15 is 0 Å². The van der Waals surface area contributed by atoms with Crippen LogP contribution in [0.1, 0.15) is 28.3 Å². The fraction of sp³-hybridized carbons (Fsp3) is 0.200. The van der Waals surface area contributed by atoms with Crippen LogP contribution in [-0.4, -0.2) is 14.5 Å². The summed E-state index contributed by atoms with van der Waals surface area (Å²) >= 11 is 3.34. The van der Waals surface area contributed by atoms with Crippen molar-refractivity contribution in [2.75, 3.05) is 0 Å². The van der Waals surface area contributed by atoms with Gasteiger partial charge in [-0.05, 0) is 65.0 Å². The fourth-order valence-electron chi connectivity index (χ4n) is 2.88. The molecule has 0 spiro atoms. The molecule has 0 aliphatic carbocycles. The van der Waals surface area contributed by atoms with E-state index in [1.54, 1.807) is 13.0 Å². The lowest BCUT2D eigenvalue weighted by Gasteiger charge is -2.14. The average molecular weight is 445 g/mol. The van der Waals surface area contributed by atoms with Gasteiger partial charge in [0.05, 0.1) is 16.7 Å². The van der Waals surface area contributed by atoms with Crippen LogP contribution in [-0.2, 0) is 19.4 Å². The summed E-state index contributed by atoms with van der Waals surface area (Å²) in [5, 5.41) is 8.91. The molecule has 0 amide bonds. The molecule has 0 aliphatic rings. The molecule has 0 saturated carbocycles. The highest BCUT2D eigenvalue weighted by Gasteiger charge is 2.13. The molecule has 5 nitrogen and oxygen atoms in total. The summed E-state index contributed by atoms with van der Waals surface area (Å²) in [6.07, 6.45) is 2.24. The van der Waals surface area contributed by atoms with Gasteiger partial charge in [-0.2, -0.15) is 5.26 Å². The van der Waals surface area contributed by atoms with Gasteiger partial charge in [-0.15, -0.1) is 0 Å². The Morgan fingerprint density at radius 3 is 2.64 bits per heavy atom. The fourth-order valence-corrected chi connectivity index (χ4v) is 3.41. The molecule has 3 aromatic rings. The van der Waals surface area contributed by atoms with Crippen LogP contribution in [0.15, 0.2) is 45.8 Å². The van der Waals surface area contributed by atoms with Gasteiger partial charge in [0.2, 0.25) is 5.82 Å². The van der Waals surface area contributed by atoms with Crippen molar-refractivity contribution in [1.82, 2.24) is 14.5 Å². The largest absolute Gasteiger partial charge is 0.306 e. The van der Waals surface area contributed by atoms with Crippen molar-refractivity contribution >= 4 is 15.9 Å². The summed E-state index contributed by atoms with van der Waals surface area (Å²) < 4.78 is 28.8. The minimum atomic E-state index is -0.620. The first kappa shape index (κ1) is 19.8. The monoisotopic (exact) mass is 444 g/mol. The van der Waals surface area contributed by atoms with Crippen LogP contribution < -0.4 is 5.56 Å². The summed E-state index contributed by atoms with van der Waals surface area (Å²) in [4.78, 5) is 20.7. The highest BCUT2D eigenvalue weighted by Crippen LogP contribution is 2.19. The van der Waals surface area contributed by atoms with Crippen LogP contribution in [0, 0.1) is 29.9 Å². The average Bonchev–Trinajstić information content (AvgIpc) is 2.68. The number of benzene rings is 1. The molecule has 142 valence electrons. The molecule has 2 aromatic heterocycles. The van der Waals surface area contributed by atoms with Crippen molar-refractivity contribution in [3.8, 4) is 6.07 Å². The third-order valence-electron chi connectivity index (χ3n) is 4.34. The van der Waals surface area contributed by atoms with Crippen molar-refractivity contribution in [1.29, 1.82) is 5.26 Å². The smallest absolute Gasteiger partial charge is 0.265 e. The van der Waals surface area contributed by atoms with Gasteiger partial charge in [0.25, 0.3) is 5.56 Å². The van der Waals surface area contributed by atoms with Crippen LogP contribution in [0.4, 0.5) is 8.78 Å². The lowest BCUT2D eigenvalue weighted by atomic mass is 10.0. The highest BCUT2D eigenvalue weighted by molar-refractivity contribution is 9.10. The zero-order valence-corrected chi connectivity index (χ0v) is 16.5. The number of hydrogen-bond acceptors (Lipinski definition) is 4. The van der Waals surface area contributed by atoms with Crippen molar-refractivity contribution in [3.63, 3.8) is 0 Å². The van der Waals surface area contributed by atoms with E-state index in [9.17, 15) is 13.6 Å². The molecule has 28 heavy (non-hydrogen) atoms.